The van der Waals surface area contributed by atoms with Crippen LogP contribution in [-0.2, 0) is 6.42 Å². The summed E-state index contributed by atoms with van der Waals surface area (Å²) in [6.45, 7) is 0. The summed E-state index contributed by atoms with van der Waals surface area (Å²) in [5.41, 5.74) is 2.92. The molecule has 0 aromatic heterocycles. The zero-order chi connectivity index (χ0) is 7.68. The van der Waals surface area contributed by atoms with Gasteiger partial charge in [-0.15, -0.1) is 0 Å². The molecule has 0 N–H and O–H groups in total. The van der Waals surface area contributed by atoms with Gasteiger partial charge in [0.25, 0.3) is 0 Å². The largest absolute Gasteiger partial charge is 0.0576 e. The van der Waals surface area contributed by atoms with Crippen LogP contribution in [0.2, 0.25) is 0 Å². The molecule has 0 atom stereocenters. The Hall–Kier alpha value is -0.300. The molecule has 1 aromatic carbocycles. The summed E-state index contributed by atoms with van der Waals surface area (Å²) in [5, 5.41) is 0. The van der Waals surface area contributed by atoms with Gasteiger partial charge in [-0.25, -0.2) is 0 Å². The molecule has 0 amide bonds. The van der Waals surface area contributed by atoms with E-state index in [0.717, 1.165) is 0 Å². The number of halogens is 1. The Morgan fingerprint density at radius 3 is 3.09 bits per heavy atom. The third kappa shape index (κ3) is 1.48. The van der Waals surface area contributed by atoms with E-state index in [1.165, 1.54) is 34.9 Å². The molecule has 0 aliphatic heterocycles. The van der Waals surface area contributed by atoms with Crippen LogP contribution in [0, 0.1) is 6.42 Å². The van der Waals surface area contributed by atoms with E-state index < -0.39 is 0 Å². The Bertz CT molecular complexity index is 266. The van der Waals surface area contributed by atoms with Crippen LogP contribution in [0.25, 0.3) is 0 Å². The highest BCUT2D eigenvalue weighted by atomic mass is 79.9. The van der Waals surface area contributed by atoms with Gasteiger partial charge in [0, 0.05) is 4.47 Å². The minimum atomic E-state index is 1.19. The van der Waals surface area contributed by atoms with Gasteiger partial charge in [-0.05, 0) is 48.9 Å². The quantitative estimate of drug-likeness (QED) is 0.616. The summed E-state index contributed by atoms with van der Waals surface area (Å²) in [4.78, 5) is 0. The van der Waals surface area contributed by atoms with Gasteiger partial charge >= 0.3 is 0 Å². The topological polar surface area (TPSA) is 0 Å². The van der Waals surface area contributed by atoms with Crippen molar-refractivity contribution in [2.45, 2.75) is 19.3 Å². The van der Waals surface area contributed by atoms with E-state index >= 15 is 0 Å². The van der Waals surface area contributed by atoms with Crippen molar-refractivity contribution < 1.29 is 0 Å². The molecule has 11 heavy (non-hydrogen) atoms. The van der Waals surface area contributed by atoms with Gasteiger partial charge < -0.3 is 0 Å². The highest BCUT2D eigenvalue weighted by Crippen LogP contribution is 2.25. The summed E-state index contributed by atoms with van der Waals surface area (Å²) in [7, 11) is 0. The van der Waals surface area contributed by atoms with E-state index in [1.54, 1.807) is 0 Å². The molecule has 0 spiro atoms. The lowest BCUT2D eigenvalue weighted by molar-refractivity contribution is 0.775. The Morgan fingerprint density at radius 2 is 2.18 bits per heavy atom. The maximum absolute atomic E-state index is 3.47. The first-order chi connectivity index (χ1) is 5.36. The van der Waals surface area contributed by atoms with Gasteiger partial charge in [-0.3, -0.25) is 0 Å². The van der Waals surface area contributed by atoms with Crippen LogP contribution in [0.5, 0.6) is 0 Å². The van der Waals surface area contributed by atoms with Crippen molar-refractivity contribution in [1.82, 2.24) is 0 Å². The van der Waals surface area contributed by atoms with Crippen molar-refractivity contribution in [3.8, 4) is 0 Å². The second kappa shape index (κ2) is 2.98. The van der Waals surface area contributed by atoms with E-state index in [1.807, 2.05) is 0 Å². The minimum Gasteiger partial charge on any atom is -0.0576 e. The predicted octanol–water partition coefficient (Wildman–Crippen LogP) is 3.34. The molecule has 1 aromatic rings. The molecule has 1 heteroatoms. The molecular weight excluding hydrogens is 200 g/mol. The van der Waals surface area contributed by atoms with E-state index in [9.17, 15) is 0 Å². The van der Waals surface area contributed by atoms with Gasteiger partial charge in [-0.2, -0.15) is 0 Å². The van der Waals surface area contributed by atoms with Crippen molar-refractivity contribution in [2.75, 3.05) is 0 Å². The van der Waals surface area contributed by atoms with Crippen LogP contribution < -0.4 is 0 Å². The van der Waals surface area contributed by atoms with E-state index in [2.05, 4.69) is 40.5 Å². The van der Waals surface area contributed by atoms with Crippen molar-refractivity contribution in [1.29, 1.82) is 0 Å². The molecule has 0 bridgehead atoms. The third-order valence-corrected chi connectivity index (χ3v) is 2.62. The lowest BCUT2D eigenvalue weighted by atomic mass is 9.92. The Balaban J connectivity index is 2.43. The van der Waals surface area contributed by atoms with Crippen molar-refractivity contribution >= 4 is 15.9 Å². The number of hydrogen-bond acceptors (Lipinski definition) is 0. The number of benzene rings is 1. The second-order valence-corrected chi connectivity index (χ2v) is 3.86. The molecule has 57 valence electrons. The average Bonchev–Trinajstić information content (AvgIpc) is 2.04. The zero-order valence-electron chi connectivity index (χ0n) is 6.31. The van der Waals surface area contributed by atoms with Gasteiger partial charge in [0.2, 0.25) is 0 Å². The molecule has 0 unspecified atom stereocenters. The summed E-state index contributed by atoms with van der Waals surface area (Å²) in [5.74, 6) is 0. The predicted molar refractivity (Wildman–Crippen MR) is 50.5 cm³/mol. The average molecular weight is 210 g/mol. The van der Waals surface area contributed by atoms with Gasteiger partial charge in [-0.1, -0.05) is 22.0 Å². The van der Waals surface area contributed by atoms with Crippen LogP contribution in [-0.4, -0.2) is 0 Å². The smallest absolute Gasteiger partial charge is 0.0178 e. The fraction of sp³-hybridized carbons (Fsp3) is 0.300. The Kier molecular flexibility index (Phi) is 1.99. The molecule has 1 radical (unpaired) electrons. The highest BCUT2D eigenvalue weighted by molar-refractivity contribution is 9.10. The molecule has 1 aliphatic carbocycles. The van der Waals surface area contributed by atoms with Crippen LogP contribution in [0.3, 0.4) is 0 Å². The van der Waals surface area contributed by atoms with Crippen molar-refractivity contribution in [2.24, 2.45) is 0 Å². The fourth-order valence-electron chi connectivity index (χ4n) is 1.53. The van der Waals surface area contributed by atoms with E-state index in [-0.39, 0.29) is 0 Å². The van der Waals surface area contributed by atoms with Crippen LogP contribution in [0.4, 0.5) is 0 Å². The molecule has 0 fully saturated rings. The SMILES string of the molecule is Brc1ccc2c(c1)[CH]CCC2. The van der Waals surface area contributed by atoms with E-state index in [4.69, 9.17) is 0 Å². The summed E-state index contributed by atoms with van der Waals surface area (Å²) in [6.07, 6.45) is 6.13. The third-order valence-electron chi connectivity index (χ3n) is 2.12. The molecule has 0 heterocycles. The summed E-state index contributed by atoms with van der Waals surface area (Å²) < 4.78 is 1.19. The highest BCUT2D eigenvalue weighted by Gasteiger charge is 2.08. The van der Waals surface area contributed by atoms with Gasteiger partial charge in [0.15, 0.2) is 0 Å². The number of aryl methyl sites for hydroxylation is 1. The molecular formula is C10H10Br. The van der Waals surface area contributed by atoms with Crippen LogP contribution >= 0.6 is 15.9 Å². The molecule has 2 rings (SSSR count). The summed E-state index contributed by atoms with van der Waals surface area (Å²) in [6, 6.07) is 6.54. The first kappa shape index (κ1) is 7.35. The molecule has 1 aliphatic rings. The Morgan fingerprint density at radius 1 is 1.27 bits per heavy atom. The van der Waals surface area contributed by atoms with Crippen LogP contribution in [0.15, 0.2) is 22.7 Å². The maximum Gasteiger partial charge on any atom is 0.0178 e. The lowest BCUT2D eigenvalue weighted by Crippen LogP contribution is -1.99. The van der Waals surface area contributed by atoms with Crippen LogP contribution in [0.1, 0.15) is 24.0 Å². The molecule has 0 saturated heterocycles. The standard InChI is InChI=1S/C10H10Br/c11-10-6-5-8-3-1-2-4-9(8)7-10/h4-7H,1-3H2. The lowest BCUT2D eigenvalue weighted by Gasteiger charge is -2.14. The zero-order valence-corrected chi connectivity index (χ0v) is 7.89. The first-order valence-corrected chi connectivity index (χ1v) is 4.77. The first-order valence-electron chi connectivity index (χ1n) is 3.98. The maximum atomic E-state index is 3.47. The fourth-order valence-corrected chi connectivity index (χ4v) is 1.91. The number of fused-ring (bicyclic) bond motifs is 1. The van der Waals surface area contributed by atoms with Crippen molar-refractivity contribution in [3.63, 3.8) is 0 Å². The molecule has 0 nitrogen and oxygen atoms in total. The van der Waals surface area contributed by atoms with Crippen molar-refractivity contribution in [3.05, 3.63) is 40.2 Å². The molecule has 0 saturated carbocycles. The summed E-state index contributed by atoms with van der Waals surface area (Å²) >= 11 is 3.47. The minimum absolute atomic E-state index is 1.19. The van der Waals surface area contributed by atoms with Gasteiger partial charge in [0.1, 0.15) is 0 Å². The van der Waals surface area contributed by atoms with Gasteiger partial charge in [0.05, 0.1) is 0 Å². The number of rotatable bonds is 0. The Labute approximate surface area is 75.8 Å². The number of hydrogen-bond donors (Lipinski definition) is 0. The second-order valence-electron chi connectivity index (χ2n) is 2.94. The monoisotopic (exact) mass is 209 g/mol. The normalized spacial score (nSPS) is 16.1. The van der Waals surface area contributed by atoms with E-state index in [0.29, 0.717) is 0 Å².